The fourth-order valence-corrected chi connectivity index (χ4v) is 1.93. The number of benzene rings is 1. The highest BCUT2D eigenvalue weighted by Crippen LogP contribution is 2.28. The van der Waals surface area contributed by atoms with Gasteiger partial charge in [0.05, 0.1) is 16.9 Å². The molecule has 1 aromatic carbocycles. The van der Waals surface area contributed by atoms with Crippen LogP contribution in [0.25, 0.3) is 0 Å². The highest BCUT2D eigenvalue weighted by molar-refractivity contribution is 6.01. The van der Waals surface area contributed by atoms with Gasteiger partial charge >= 0.3 is 0 Å². The highest BCUT2D eigenvalue weighted by Gasteiger charge is 2.17. The molecule has 4 nitrogen and oxygen atoms in total. The van der Waals surface area contributed by atoms with Crippen molar-refractivity contribution in [2.24, 2.45) is 11.7 Å². The summed E-state index contributed by atoms with van der Waals surface area (Å²) < 4.78 is 0. The molecule has 0 unspecified atom stereocenters. The molecule has 0 aromatic heterocycles. The van der Waals surface area contributed by atoms with E-state index in [0.29, 0.717) is 17.2 Å². The minimum atomic E-state index is -0.436. The molecule has 1 aromatic rings. The monoisotopic (exact) mass is 235 g/mol. The first-order valence-electron chi connectivity index (χ1n) is 5.90. The van der Waals surface area contributed by atoms with Crippen LogP contribution in [-0.4, -0.2) is 19.0 Å². The summed E-state index contributed by atoms with van der Waals surface area (Å²) in [6.07, 6.45) is 0. The average molecular weight is 235 g/mol. The van der Waals surface area contributed by atoms with Crippen molar-refractivity contribution in [3.8, 4) is 0 Å². The highest BCUT2D eigenvalue weighted by atomic mass is 16.1. The zero-order chi connectivity index (χ0) is 13.0. The smallest absolute Gasteiger partial charge is 0.250 e. The van der Waals surface area contributed by atoms with Gasteiger partial charge in [-0.2, -0.15) is 0 Å². The summed E-state index contributed by atoms with van der Waals surface area (Å²) in [6, 6.07) is 5.27. The van der Waals surface area contributed by atoms with Crippen LogP contribution in [0.5, 0.6) is 0 Å². The second-order valence-electron chi connectivity index (χ2n) is 4.54. The van der Waals surface area contributed by atoms with Crippen molar-refractivity contribution in [1.82, 2.24) is 0 Å². The van der Waals surface area contributed by atoms with Crippen LogP contribution in [0.2, 0.25) is 0 Å². The lowest BCUT2D eigenvalue weighted by atomic mass is 10.1. The Hall–Kier alpha value is -1.71. The molecule has 0 aliphatic rings. The number of para-hydroxylation sites is 1. The molecule has 0 radical (unpaired) electrons. The van der Waals surface area contributed by atoms with Crippen LogP contribution in [0.3, 0.4) is 0 Å². The van der Waals surface area contributed by atoms with Crippen LogP contribution in [0.15, 0.2) is 18.2 Å². The summed E-state index contributed by atoms with van der Waals surface area (Å²) in [6.45, 7) is 7.95. The van der Waals surface area contributed by atoms with E-state index < -0.39 is 5.91 Å². The first kappa shape index (κ1) is 13.4. The van der Waals surface area contributed by atoms with E-state index in [1.165, 1.54) is 0 Å². The SMILES string of the molecule is CCN(CC(C)C)c1c(N)cccc1C(N)=O. The van der Waals surface area contributed by atoms with Crippen LogP contribution in [-0.2, 0) is 0 Å². The number of carbonyl (C=O) groups excluding carboxylic acids is 1. The number of hydrogen-bond acceptors (Lipinski definition) is 3. The summed E-state index contributed by atoms with van der Waals surface area (Å²) in [5, 5.41) is 0. The number of nitrogens with two attached hydrogens (primary N) is 2. The van der Waals surface area contributed by atoms with Gasteiger partial charge in [0, 0.05) is 13.1 Å². The van der Waals surface area contributed by atoms with Crippen molar-refractivity contribution in [3.63, 3.8) is 0 Å². The molecule has 0 fully saturated rings. The third-order valence-electron chi connectivity index (χ3n) is 2.62. The number of hydrogen-bond donors (Lipinski definition) is 2. The molecule has 94 valence electrons. The van der Waals surface area contributed by atoms with Gasteiger partial charge in [0.15, 0.2) is 0 Å². The van der Waals surface area contributed by atoms with Crippen LogP contribution in [0.1, 0.15) is 31.1 Å². The maximum absolute atomic E-state index is 11.4. The lowest BCUT2D eigenvalue weighted by molar-refractivity contribution is 0.100. The van der Waals surface area contributed by atoms with E-state index in [1.54, 1.807) is 18.2 Å². The van der Waals surface area contributed by atoms with Crippen LogP contribution in [0.4, 0.5) is 11.4 Å². The van der Waals surface area contributed by atoms with Crippen molar-refractivity contribution in [3.05, 3.63) is 23.8 Å². The molecule has 0 aliphatic heterocycles. The summed E-state index contributed by atoms with van der Waals surface area (Å²) in [5.74, 6) is 0.0600. The van der Waals surface area contributed by atoms with Gasteiger partial charge in [-0.05, 0) is 25.0 Å². The Balaban J connectivity index is 3.21. The molecule has 0 saturated heterocycles. The van der Waals surface area contributed by atoms with E-state index in [9.17, 15) is 4.79 Å². The number of rotatable bonds is 5. The number of amides is 1. The first-order valence-corrected chi connectivity index (χ1v) is 5.90. The number of nitrogen functional groups attached to an aromatic ring is 1. The summed E-state index contributed by atoms with van der Waals surface area (Å²) in [5.41, 5.74) is 13.2. The van der Waals surface area contributed by atoms with Crippen LogP contribution in [0, 0.1) is 5.92 Å². The van der Waals surface area contributed by atoms with E-state index >= 15 is 0 Å². The molecule has 4 heteroatoms. The molecular weight excluding hydrogens is 214 g/mol. The minimum absolute atomic E-state index is 0.436. The van der Waals surface area contributed by atoms with Crippen LogP contribution < -0.4 is 16.4 Å². The Morgan fingerprint density at radius 3 is 2.53 bits per heavy atom. The maximum atomic E-state index is 11.4. The van der Waals surface area contributed by atoms with E-state index in [0.717, 1.165) is 18.8 Å². The van der Waals surface area contributed by atoms with Gasteiger partial charge < -0.3 is 16.4 Å². The molecule has 0 saturated carbocycles. The van der Waals surface area contributed by atoms with E-state index in [1.807, 2.05) is 6.92 Å². The molecule has 1 amide bonds. The largest absolute Gasteiger partial charge is 0.397 e. The quantitative estimate of drug-likeness (QED) is 0.765. The molecule has 0 bridgehead atoms. The number of carbonyl (C=O) groups is 1. The predicted octanol–water partition coefficient (Wildman–Crippen LogP) is 1.85. The lowest BCUT2D eigenvalue weighted by Crippen LogP contribution is -2.30. The van der Waals surface area contributed by atoms with E-state index in [-0.39, 0.29) is 0 Å². The summed E-state index contributed by atoms with van der Waals surface area (Å²) >= 11 is 0. The molecule has 0 spiro atoms. The standard InChI is InChI=1S/C13H21N3O/c1-4-16(8-9(2)3)12-10(13(15)17)6-5-7-11(12)14/h5-7,9H,4,8,14H2,1-3H3,(H2,15,17). The Kier molecular flexibility index (Phi) is 4.37. The average Bonchev–Trinajstić information content (AvgIpc) is 2.25. The molecule has 0 atom stereocenters. The van der Waals surface area contributed by atoms with Gasteiger partial charge in [-0.3, -0.25) is 4.79 Å². The third-order valence-corrected chi connectivity index (χ3v) is 2.62. The van der Waals surface area contributed by atoms with Crippen molar-refractivity contribution in [2.75, 3.05) is 23.7 Å². The van der Waals surface area contributed by atoms with Gasteiger partial charge in [-0.1, -0.05) is 19.9 Å². The summed E-state index contributed by atoms with van der Waals surface area (Å²) in [4.78, 5) is 13.5. The fourth-order valence-electron chi connectivity index (χ4n) is 1.93. The first-order chi connectivity index (χ1) is 7.97. The van der Waals surface area contributed by atoms with Crippen molar-refractivity contribution in [1.29, 1.82) is 0 Å². The normalized spacial score (nSPS) is 10.6. The zero-order valence-electron chi connectivity index (χ0n) is 10.7. The molecule has 0 aliphatic carbocycles. The van der Waals surface area contributed by atoms with Crippen molar-refractivity contribution < 1.29 is 4.79 Å². The molecule has 0 heterocycles. The zero-order valence-corrected chi connectivity index (χ0v) is 10.7. The number of anilines is 2. The number of primary amides is 1. The Morgan fingerprint density at radius 2 is 2.06 bits per heavy atom. The Bertz CT molecular complexity index is 402. The Morgan fingerprint density at radius 1 is 1.41 bits per heavy atom. The molecule has 1 rings (SSSR count). The van der Waals surface area contributed by atoms with Crippen molar-refractivity contribution in [2.45, 2.75) is 20.8 Å². The second-order valence-corrected chi connectivity index (χ2v) is 4.54. The van der Waals surface area contributed by atoms with Crippen LogP contribution >= 0.6 is 0 Å². The third kappa shape index (κ3) is 3.12. The molecule has 4 N–H and O–H groups in total. The molecular formula is C13H21N3O. The van der Waals surface area contributed by atoms with Crippen molar-refractivity contribution >= 4 is 17.3 Å². The van der Waals surface area contributed by atoms with Gasteiger partial charge in [0.1, 0.15) is 0 Å². The van der Waals surface area contributed by atoms with Gasteiger partial charge in [0.2, 0.25) is 0 Å². The predicted molar refractivity (Wildman–Crippen MR) is 72.1 cm³/mol. The maximum Gasteiger partial charge on any atom is 0.250 e. The second kappa shape index (κ2) is 5.57. The Labute approximate surface area is 103 Å². The van der Waals surface area contributed by atoms with Gasteiger partial charge in [-0.15, -0.1) is 0 Å². The fraction of sp³-hybridized carbons (Fsp3) is 0.462. The van der Waals surface area contributed by atoms with Gasteiger partial charge in [-0.25, -0.2) is 0 Å². The number of nitrogens with zero attached hydrogens (tertiary/aromatic N) is 1. The van der Waals surface area contributed by atoms with Gasteiger partial charge in [0.25, 0.3) is 5.91 Å². The molecule has 17 heavy (non-hydrogen) atoms. The van der Waals surface area contributed by atoms with E-state index in [4.69, 9.17) is 11.5 Å². The minimum Gasteiger partial charge on any atom is -0.397 e. The topological polar surface area (TPSA) is 72.3 Å². The lowest BCUT2D eigenvalue weighted by Gasteiger charge is -2.28. The van der Waals surface area contributed by atoms with E-state index in [2.05, 4.69) is 18.7 Å². The summed E-state index contributed by atoms with van der Waals surface area (Å²) in [7, 11) is 0.